The zero-order valence-corrected chi connectivity index (χ0v) is 14.4. The van der Waals surface area contributed by atoms with E-state index in [4.69, 9.17) is 4.52 Å². The van der Waals surface area contributed by atoms with Crippen molar-refractivity contribution in [1.82, 2.24) is 4.57 Å². The van der Waals surface area contributed by atoms with Crippen LogP contribution in [0.5, 0.6) is 0 Å². The number of aromatic carboxylic acids is 1. The van der Waals surface area contributed by atoms with E-state index < -0.39 is 13.3 Å². The molecule has 1 atom stereocenters. The third-order valence-corrected chi connectivity index (χ3v) is 6.63. The van der Waals surface area contributed by atoms with Crippen molar-refractivity contribution in [2.75, 3.05) is 6.61 Å². The first-order chi connectivity index (χ1) is 11.5. The number of aromatic nitrogens is 1. The second-order valence-corrected chi connectivity index (χ2v) is 7.71. The number of hydrogen-bond donors (Lipinski definition) is 1. The predicted octanol–water partition coefficient (Wildman–Crippen LogP) is 3.14. The molecule has 124 valence electrons. The third kappa shape index (κ3) is 2.46. The van der Waals surface area contributed by atoms with Gasteiger partial charge in [0.05, 0.1) is 11.9 Å². The van der Waals surface area contributed by atoms with Crippen molar-refractivity contribution in [3.8, 4) is 0 Å². The van der Waals surface area contributed by atoms with Crippen LogP contribution in [0.4, 0.5) is 0 Å². The van der Waals surface area contributed by atoms with Crippen LogP contribution in [0.15, 0.2) is 54.6 Å². The quantitative estimate of drug-likeness (QED) is 0.723. The molecule has 3 aromatic rings. The van der Waals surface area contributed by atoms with Crippen LogP contribution >= 0.6 is 7.37 Å². The highest BCUT2D eigenvalue weighted by Gasteiger charge is 2.37. The minimum absolute atomic E-state index is 0.00293. The first-order valence-electron chi connectivity index (χ1n) is 7.62. The van der Waals surface area contributed by atoms with Gasteiger partial charge in [-0.3, -0.25) is 4.57 Å². The fourth-order valence-electron chi connectivity index (χ4n) is 2.99. The topological polar surface area (TPSA) is 68.5 Å². The van der Waals surface area contributed by atoms with Gasteiger partial charge >= 0.3 is 5.97 Å². The van der Waals surface area contributed by atoms with Crippen LogP contribution in [0.2, 0.25) is 0 Å². The van der Waals surface area contributed by atoms with Gasteiger partial charge in [-0.05, 0) is 25.1 Å². The molecule has 1 aromatic heterocycles. The Labute approximate surface area is 139 Å². The van der Waals surface area contributed by atoms with Crippen molar-refractivity contribution < 1.29 is 19.0 Å². The lowest BCUT2D eigenvalue weighted by atomic mass is 10.2. The number of para-hydroxylation sites is 1. The molecule has 5 nitrogen and oxygen atoms in total. The van der Waals surface area contributed by atoms with Crippen LogP contribution in [-0.2, 0) is 16.1 Å². The molecule has 24 heavy (non-hydrogen) atoms. The standard InChI is InChI=1S/C18H18NO4P/c1-3-23-24(22,13-9-5-4-6-10-13)17-14-11-7-8-12-15(14)19(2)16(17)18(20)21/h4-12H,3H2,1-2H3,(H,20,21). The molecule has 0 radical (unpaired) electrons. The van der Waals surface area contributed by atoms with Gasteiger partial charge < -0.3 is 14.2 Å². The van der Waals surface area contributed by atoms with Crippen molar-refractivity contribution in [2.24, 2.45) is 7.05 Å². The normalized spacial score (nSPS) is 13.8. The van der Waals surface area contributed by atoms with E-state index in [1.54, 1.807) is 54.9 Å². The average Bonchev–Trinajstić information content (AvgIpc) is 2.90. The largest absolute Gasteiger partial charge is 0.477 e. The molecule has 2 aromatic carbocycles. The molecular weight excluding hydrogens is 325 g/mol. The van der Waals surface area contributed by atoms with Crippen molar-refractivity contribution in [3.05, 3.63) is 60.3 Å². The Hall–Kier alpha value is -2.36. The highest BCUT2D eigenvalue weighted by atomic mass is 31.2. The molecule has 0 aliphatic heterocycles. The molecular formula is C18H18NO4P. The minimum Gasteiger partial charge on any atom is -0.477 e. The fraction of sp³-hybridized carbons (Fsp3) is 0.167. The summed E-state index contributed by atoms with van der Waals surface area (Å²) in [6.45, 7) is 1.97. The molecule has 1 N–H and O–H groups in total. The maximum absolute atomic E-state index is 13.9. The third-order valence-electron chi connectivity index (χ3n) is 3.98. The summed E-state index contributed by atoms with van der Waals surface area (Å²) in [5.41, 5.74) is 0.706. The summed E-state index contributed by atoms with van der Waals surface area (Å²) in [5, 5.41) is 11.1. The SMILES string of the molecule is CCOP(=O)(c1ccccc1)c1c(C(=O)O)n(C)c2ccccc12. The summed E-state index contributed by atoms with van der Waals surface area (Å²) in [6.07, 6.45) is 0. The molecule has 6 heteroatoms. The van der Waals surface area contributed by atoms with Gasteiger partial charge in [0, 0.05) is 23.3 Å². The Balaban J connectivity index is 2.44. The Bertz CT molecular complexity index is 946. The van der Waals surface area contributed by atoms with Gasteiger partial charge in [0.2, 0.25) is 0 Å². The van der Waals surface area contributed by atoms with Crippen LogP contribution < -0.4 is 10.6 Å². The molecule has 0 fully saturated rings. The molecule has 0 aliphatic rings. The number of carbonyl (C=O) groups is 1. The molecule has 1 unspecified atom stereocenters. The second kappa shape index (κ2) is 6.27. The van der Waals surface area contributed by atoms with Gasteiger partial charge in [0.1, 0.15) is 5.69 Å². The molecule has 0 saturated heterocycles. The lowest BCUT2D eigenvalue weighted by Crippen LogP contribution is -2.24. The summed E-state index contributed by atoms with van der Waals surface area (Å²) in [4.78, 5) is 11.9. The monoisotopic (exact) mass is 343 g/mol. The molecule has 3 rings (SSSR count). The van der Waals surface area contributed by atoms with Crippen molar-refractivity contribution in [1.29, 1.82) is 0 Å². The van der Waals surface area contributed by atoms with Gasteiger partial charge in [-0.2, -0.15) is 0 Å². The predicted molar refractivity (Wildman–Crippen MR) is 94.8 cm³/mol. The summed E-state index contributed by atoms with van der Waals surface area (Å²) < 4.78 is 21.1. The zero-order chi connectivity index (χ0) is 17.3. The van der Waals surface area contributed by atoms with E-state index in [1.165, 1.54) is 0 Å². The van der Waals surface area contributed by atoms with Gasteiger partial charge in [0.15, 0.2) is 0 Å². The molecule has 0 bridgehead atoms. The van der Waals surface area contributed by atoms with E-state index >= 15 is 0 Å². The second-order valence-electron chi connectivity index (χ2n) is 5.38. The van der Waals surface area contributed by atoms with Gasteiger partial charge in [-0.25, -0.2) is 4.79 Å². The number of fused-ring (bicyclic) bond motifs is 1. The number of carboxylic acids is 1. The smallest absolute Gasteiger partial charge is 0.353 e. The lowest BCUT2D eigenvalue weighted by Gasteiger charge is -2.19. The van der Waals surface area contributed by atoms with Crippen LogP contribution in [0.3, 0.4) is 0 Å². The number of carboxylic acid groups (broad SMARTS) is 1. The van der Waals surface area contributed by atoms with Gasteiger partial charge in [0.25, 0.3) is 7.37 Å². The number of nitrogens with zero attached hydrogens (tertiary/aromatic N) is 1. The van der Waals surface area contributed by atoms with Crippen LogP contribution in [0.1, 0.15) is 17.4 Å². The summed E-state index contributed by atoms with van der Waals surface area (Å²) in [7, 11) is -1.88. The number of rotatable bonds is 5. The van der Waals surface area contributed by atoms with Crippen LogP contribution in [-0.4, -0.2) is 22.2 Å². The average molecular weight is 343 g/mol. The Morgan fingerprint density at radius 1 is 1.12 bits per heavy atom. The van der Waals surface area contributed by atoms with E-state index in [0.717, 1.165) is 0 Å². The van der Waals surface area contributed by atoms with Crippen molar-refractivity contribution in [3.63, 3.8) is 0 Å². The Kier molecular flexibility index (Phi) is 4.31. The Morgan fingerprint density at radius 2 is 1.75 bits per heavy atom. The van der Waals surface area contributed by atoms with Gasteiger partial charge in [-0.15, -0.1) is 0 Å². The van der Waals surface area contributed by atoms with Gasteiger partial charge in [-0.1, -0.05) is 36.4 Å². The number of benzene rings is 2. The summed E-state index contributed by atoms with van der Waals surface area (Å²) in [6, 6.07) is 16.0. The first kappa shape index (κ1) is 16.5. The highest BCUT2D eigenvalue weighted by Crippen LogP contribution is 2.48. The summed E-state index contributed by atoms with van der Waals surface area (Å²) >= 11 is 0. The van der Waals surface area contributed by atoms with E-state index in [9.17, 15) is 14.5 Å². The molecule has 0 saturated carbocycles. The summed E-state index contributed by atoms with van der Waals surface area (Å²) in [5.74, 6) is -1.13. The Morgan fingerprint density at radius 3 is 2.38 bits per heavy atom. The molecule has 0 aliphatic carbocycles. The van der Waals surface area contributed by atoms with E-state index in [-0.39, 0.29) is 17.6 Å². The molecule has 0 spiro atoms. The van der Waals surface area contributed by atoms with E-state index in [2.05, 4.69) is 0 Å². The van der Waals surface area contributed by atoms with Crippen LogP contribution in [0, 0.1) is 0 Å². The maximum atomic E-state index is 13.9. The van der Waals surface area contributed by atoms with E-state index in [0.29, 0.717) is 16.2 Å². The van der Waals surface area contributed by atoms with E-state index in [1.807, 2.05) is 18.2 Å². The highest BCUT2D eigenvalue weighted by molar-refractivity contribution is 7.75. The fourth-order valence-corrected chi connectivity index (χ4v) is 5.49. The number of hydrogen-bond acceptors (Lipinski definition) is 3. The molecule has 0 amide bonds. The molecule has 1 heterocycles. The maximum Gasteiger partial charge on any atom is 0.353 e. The first-order valence-corrected chi connectivity index (χ1v) is 9.24. The van der Waals surface area contributed by atoms with Crippen molar-refractivity contribution in [2.45, 2.75) is 6.92 Å². The lowest BCUT2D eigenvalue weighted by molar-refractivity contribution is 0.0688. The van der Waals surface area contributed by atoms with Crippen molar-refractivity contribution >= 4 is 34.9 Å². The number of aryl methyl sites for hydroxylation is 1. The minimum atomic E-state index is -3.54. The van der Waals surface area contributed by atoms with Crippen LogP contribution in [0.25, 0.3) is 10.9 Å². The zero-order valence-electron chi connectivity index (χ0n) is 13.5.